The van der Waals surface area contributed by atoms with Crippen LogP contribution in [0.4, 0.5) is 0 Å². The molecule has 100 valence electrons. The molecular weight excluding hydrogens is 250 g/mol. The Morgan fingerprint density at radius 2 is 1.90 bits per heavy atom. The normalized spacial score (nSPS) is 12.2. The SMILES string of the molecule is NC(Cc1ccccc1)c1ncc(-c2cnccn2)[nH]1. The van der Waals surface area contributed by atoms with Gasteiger partial charge in [-0.1, -0.05) is 30.3 Å². The van der Waals surface area contributed by atoms with Crippen LogP contribution in [0.25, 0.3) is 11.4 Å². The summed E-state index contributed by atoms with van der Waals surface area (Å²) in [7, 11) is 0. The summed E-state index contributed by atoms with van der Waals surface area (Å²) < 4.78 is 0. The number of aromatic amines is 1. The first kappa shape index (κ1) is 12.5. The molecule has 0 aliphatic rings. The maximum atomic E-state index is 6.19. The van der Waals surface area contributed by atoms with Crippen LogP contribution < -0.4 is 5.73 Å². The summed E-state index contributed by atoms with van der Waals surface area (Å²) in [5.41, 5.74) is 8.97. The van der Waals surface area contributed by atoms with E-state index in [9.17, 15) is 0 Å². The lowest BCUT2D eigenvalue weighted by atomic mass is 10.1. The summed E-state index contributed by atoms with van der Waals surface area (Å²) >= 11 is 0. The van der Waals surface area contributed by atoms with Crippen molar-refractivity contribution in [3.8, 4) is 11.4 Å². The zero-order valence-corrected chi connectivity index (χ0v) is 10.9. The quantitative estimate of drug-likeness (QED) is 0.757. The Bertz CT molecular complexity index is 663. The standard InChI is InChI=1S/C15H15N5/c16-12(8-11-4-2-1-3-5-11)15-19-10-14(20-15)13-9-17-6-7-18-13/h1-7,9-10,12H,8,16H2,(H,19,20). The highest BCUT2D eigenvalue weighted by Gasteiger charge is 2.12. The number of nitrogens with one attached hydrogen (secondary N) is 1. The molecule has 3 aromatic rings. The third-order valence-corrected chi connectivity index (χ3v) is 3.08. The molecule has 3 rings (SSSR count). The van der Waals surface area contributed by atoms with Gasteiger partial charge in [0.15, 0.2) is 0 Å². The molecule has 1 unspecified atom stereocenters. The average Bonchev–Trinajstić information content (AvgIpc) is 2.99. The van der Waals surface area contributed by atoms with E-state index in [-0.39, 0.29) is 6.04 Å². The Morgan fingerprint density at radius 1 is 1.05 bits per heavy atom. The number of hydrogen-bond donors (Lipinski definition) is 2. The molecule has 0 aliphatic carbocycles. The van der Waals surface area contributed by atoms with E-state index < -0.39 is 0 Å². The minimum atomic E-state index is -0.164. The molecule has 0 saturated heterocycles. The molecule has 1 aromatic carbocycles. The van der Waals surface area contributed by atoms with Gasteiger partial charge >= 0.3 is 0 Å². The lowest BCUT2D eigenvalue weighted by molar-refractivity contribution is 0.678. The number of benzene rings is 1. The summed E-state index contributed by atoms with van der Waals surface area (Å²) in [5.74, 6) is 0.759. The predicted octanol–water partition coefficient (Wildman–Crippen LogP) is 2.11. The Balaban J connectivity index is 1.77. The van der Waals surface area contributed by atoms with Gasteiger partial charge in [-0.2, -0.15) is 0 Å². The Kier molecular flexibility index (Phi) is 3.52. The average molecular weight is 265 g/mol. The van der Waals surface area contributed by atoms with Crippen molar-refractivity contribution < 1.29 is 0 Å². The van der Waals surface area contributed by atoms with Gasteiger partial charge in [0.1, 0.15) is 11.5 Å². The molecule has 3 N–H and O–H groups in total. The van der Waals surface area contributed by atoms with Crippen LogP contribution >= 0.6 is 0 Å². The summed E-state index contributed by atoms with van der Waals surface area (Å²) in [6.45, 7) is 0. The lowest BCUT2D eigenvalue weighted by Gasteiger charge is -2.08. The Hall–Kier alpha value is -2.53. The van der Waals surface area contributed by atoms with E-state index in [0.717, 1.165) is 23.6 Å². The highest BCUT2D eigenvalue weighted by Crippen LogP contribution is 2.17. The van der Waals surface area contributed by atoms with Gasteiger partial charge in [-0.15, -0.1) is 0 Å². The smallest absolute Gasteiger partial charge is 0.123 e. The number of imidazole rings is 1. The van der Waals surface area contributed by atoms with Crippen LogP contribution in [0.5, 0.6) is 0 Å². The minimum absolute atomic E-state index is 0.164. The van der Waals surface area contributed by atoms with E-state index in [4.69, 9.17) is 5.73 Å². The number of hydrogen-bond acceptors (Lipinski definition) is 4. The van der Waals surface area contributed by atoms with Crippen molar-refractivity contribution in [2.75, 3.05) is 0 Å². The fourth-order valence-electron chi connectivity index (χ4n) is 2.06. The Morgan fingerprint density at radius 3 is 2.65 bits per heavy atom. The summed E-state index contributed by atoms with van der Waals surface area (Å²) in [5, 5.41) is 0. The molecule has 0 radical (unpaired) electrons. The van der Waals surface area contributed by atoms with Gasteiger partial charge < -0.3 is 10.7 Å². The fourth-order valence-corrected chi connectivity index (χ4v) is 2.06. The van der Waals surface area contributed by atoms with Gasteiger partial charge in [0.2, 0.25) is 0 Å². The molecule has 1 atom stereocenters. The molecule has 0 aliphatic heterocycles. The van der Waals surface area contributed by atoms with E-state index in [2.05, 4.69) is 32.1 Å². The van der Waals surface area contributed by atoms with Gasteiger partial charge in [-0.05, 0) is 12.0 Å². The molecule has 5 nitrogen and oxygen atoms in total. The van der Waals surface area contributed by atoms with Crippen LogP contribution in [0.1, 0.15) is 17.4 Å². The lowest BCUT2D eigenvalue weighted by Crippen LogP contribution is -2.14. The number of nitrogens with two attached hydrogens (primary N) is 1. The summed E-state index contributed by atoms with van der Waals surface area (Å²) in [6.07, 6.45) is 7.47. The van der Waals surface area contributed by atoms with Crippen LogP contribution in [0.15, 0.2) is 55.1 Å². The van der Waals surface area contributed by atoms with Crippen LogP contribution in [-0.2, 0) is 6.42 Å². The van der Waals surface area contributed by atoms with Gasteiger partial charge in [0, 0.05) is 12.4 Å². The van der Waals surface area contributed by atoms with Crippen LogP contribution in [0.3, 0.4) is 0 Å². The van der Waals surface area contributed by atoms with Crippen LogP contribution in [-0.4, -0.2) is 19.9 Å². The molecule has 0 amide bonds. The third-order valence-electron chi connectivity index (χ3n) is 3.08. The zero-order valence-electron chi connectivity index (χ0n) is 10.9. The first-order chi connectivity index (χ1) is 9.83. The fraction of sp³-hybridized carbons (Fsp3) is 0.133. The van der Waals surface area contributed by atoms with Crippen molar-refractivity contribution >= 4 is 0 Å². The Labute approximate surface area is 116 Å². The van der Waals surface area contributed by atoms with Crippen molar-refractivity contribution in [2.45, 2.75) is 12.5 Å². The molecular formula is C15H15N5. The second-order valence-corrected chi connectivity index (χ2v) is 4.57. The molecule has 20 heavy (non-hydrogen) atoms. The zero-order chi connectivity index (χ0) is 13.8. The van der Waals surface area contributed by atoms with Crippen molar-refractivity contribution in [1.29, 1.82) is 0 Å². The molecule has 0 saturated carbocycles. The van der Waals surface area contributed by atoms with Crippen LogP contribution in [0, 0.1) is 0 Å². The maximum absolute atomic E-state index is 6.19. The predicted molar refractivity (Wildman–Crippen MR) is 76.7 cm³/mol. The van der Waals surface area contributed by atoms with E-state index >= 15 is 0 Å². The van der Waals surface area contributed by atoms with Gasteiger partial charge in [-0.25, -0.2) is 4.98 Å². The van der Waals surface area contributed by atoms with Crippen molar-refractivity contribution in [2.24, 2.45) is 5.73 Å². The summed E-state index contributed by atoms with van der Waals surface area (Å²) in [6, 6.07) is 9.97. The minimum Gasteiger partial charge on any atom is -0.339 e. The van der Waals surface area contributed by atoms with Gasteiger partial charge in [-0.3, -0.25) is 9.97 Å². The number of rotatable bonds is 4. The monoisotopic (exact) mass is 265 g/mol. The van der Waals surface area contributed by atoms with Crippen molar-refractivity contribution in [3.05, 3.63) is 66.5 Å². The van der Waals surface area contributed by atoms with Crippen molar-refractivity contribution in [3.63, 3.8) is 0 Å². The third kappa shape index (κ3) is 2.73. The molecule has 5 heteroatoms. The van der Waals surface area contributed by atoms with Gasteiger partial charge in [0.05, 0.1) is 24.1 Å². The topological polar surface area (TPSA) is 80.5 Å². The van der Waals surface area contributed by atoms with Crippen LogP contribution in [0.2, 0.25) is 0 Å². The molecule has 0 spiro atoms. The molecule has 2 aromatic heterocycles. The maximum Gasteiger partial charge on any atom is 0.123 e. The number of aromatic nitrogens is 4. The molecule has 2 heterocycles. The first-order valence-corrected chi connectivity index (χ1v) is 6.44. The van der Waals surface area contributed by atoms with Crippen molar-refractivity contribution in [1.82, 2.24) is 19.9 Å². The van der Waals surface area contributed by atoms with E-state index in [1.54, 1.807) is 24.8 Å². The highest BCUT2D eigenvalue weighted by molar-refractivity contribution is 5.51. The van der Waals surface area contributed by atoms with Gasteiger partial charge in [0.25, 0.3) is 0 Å². The summed E-state index contributed by atoms with van der Waals surface area (Å²) in [4.78, 5) is 15.8. The molecule has 0 fully saturated rings. The van der Waals surface area contributed by atoms with E-state index in [1.165, 1.54) is 5.56 Å². The van der Waals surface area contributed by atoms with E-state index in [1.807, 2.05) is 18.2 Å². The number of H-pyrrole nitrogens is 1. The second-order valence-electron chi connectivity index (χ2n) is 4.57. The highest BCUT2D eigenvalue weighted by atomic mass is 15.0. The second kappa shape index (κ2) is 5.63. The van der Waals surface area contributed by atoms with E-state index in [0.29, 0.717) is 0 Å². The largest absolute Gasteiger partial charge is 0.339 e. The molecule has 0 bridgehead atoms. The first-order valence-electron chi connectivity index (χ1n) is 6.44. The number of nitrogens with zero attached hydrogens (tertiary/aromatic N) is 3.